The van der Waals surface area contributed by atoms with Crippen molar-refractivity contribution in [2.24, 2.45) is 10.9 Å². The average Bonchev–Trinajstić information content (AvgIpc) is 2.56. The van der Waals surface area contributed by atoms with Gasteiger partial charge in [-0.2, -0.15) is 0 Å². The van der Waals surface area contributed by atoms with Crippen molar-refractivity contribution >= 4 is 17.6 Å². The summed E-state index contributed by atoms with van der Waals surface area (Å²) in [4.78, 5) is 23.9. The Hall–Kier alpha value is -1.63. The quantitative estimate of drug-likeness (QED) is 0.142. The van der Waals surface area contributed by atoms with Gasteiger partial charge < -0.3 is 16.3 Å². The van der Waals surface area contributed by atoms with E-state index in [2.05, 4.69) is 10.5 Å². The van der Waals surface area contributed by atoms with E-state index in [1.165, 1.54) is 7.05 Å². The Morgan fingerprint density at radius 1 is 1.59 bits per heavy atom. The number of hydrogen-bond acceptors (Lipinski definition) is 5. The molecule has 1 aliphatic heterocycles. The lowest BCUT2D eigenvalue weighted by Crippen LogP contribution is -2.37. The smallest absolute Gasteiger partial charge is 0.246 e. The van der Waals surface area contributed by atoms with E-state index < -0.39 is 6.04 Å². The second kappa shape index (κ2) is 6.19. The molecule has 1 rings (SSSR count). The van der Waals surface area contributed by atoms with Gasteiger partial charge in [-0.05, 0) is 19.4 Å². The summed E-state index contributed by atoms with van der Waals surface area (Å²) < 4.78 is 0. The van der Waals surface area contributed by atoms with E-state index in [1.54, 1.807) is 0 Å². The van der Waals surface area contributed by atoms with E-state index >= 15 is 0 Å². The number of nitrogens with zero attached hydrogens (tertiary/aromatic N) is 2. The van der Waals surface area contributed by atoms with E-state index in [9.17, 15) is 9.59 Å². The monoisotopic (exact) mass is 242 g/mol. The Morgan fingerprint density at radius 2 is 2.29 bits per heavy atom. The highest BCUT2D eigenvalue weighted by Gasteiger charge is 2.35. The van der Waals surface area contributed by atoms with Gasteiger partial charge in [0.25, 0.3) is 0 Å². The molecule has 0 radical (unpaired) electrons. The van der Waals surface area contributed by atoms with E-state index in [0.29, 0.717) is 13.0 Å². The third-order valence-electron chi connectivity index (χ3n) is 2.76. The van der Waals surface area contributed by atoms with Crippen LogP contribution in [0.3, 0.4) is 0 Å². The molecule has 4 N–H and O–H groups in total. The number of likely N-dealkylation sites (tertiary alicyclic amines) is 1. The molecule has 0 spiro atoms. The Labute approximate surface area is 99.6 Å². The molecule has 1 heterocycles. The maximum absolute atomic E-state index is 11.5. The maximum atomic E-state index is 11.5. The molecule has 1 saturated heterocycles. The van der Waals surface area contributed by atoms with Crippen LogP contribution in [-0.2, 0) is 9.59 Å². The zero-order valence-corrected chi connectivity index (χ0v) is 9.85. The van der Waals surface area contributed by atoms with Crippen molar-refractivity contribution < 1.29 is 14.8 Å². The highest BCUT2D eigenvalue weighted by molar-refractivity contribution is 6.05. The first kappa shape index (κ1) is 13.4. The van der Waals surface area contributed by atoms with Crippen LogP contribution in [0.5, 0.6) is 0 Å². The lowest BCUT2D eigenvalue weighted by molar-refractivity contribution is -0.137. The van der Waals surface area contributed by atoms with E-state index in [1.807, 2.05) is 0 Å². The van der Waals surface area contributed by atoms with Crippen molar-refractivity contribution in [1.82, 2.24) is 10.2 Å². The number of nitrogens with two attached hydrogens (primary N) is 1. The van der Waals surface area contributed by atoms with Gasteiger partial charge in [0.15, 0.2) is 0 Å². The number of hydrogen-bond donors (Lipinski definition) is 3. The number of amides is 2. The predicted octanol–water partition coefficient (Wildman–Crippen LogP) is -0.750. The third kappa shape index (κ3) is 3.70. The van der Waals surface area contributed by atoms with E-state index in [4.69, 9.17) is 10.9 Å². The van der Waals surface area contributed by atoms with Crippen LogP contribution in [0, 0.1) is 0 Å². The molecule has 0 aromatic carbocycles. The van der Waals surface area contributed by atoms with Crippen molar-refractivity contribution in [3.05, 3.63) is 0 Å². The largest absolute Gasteiger partial charge is 0.409 e. The minimum atomic E-state index is -0.392. The van der Waals surface area contributed by atoms with E-state index in [0.717, 1.165) is 17.7 Å². The molecule has 96 valence electrons. The van der Waals surface area contributed by atoms with Gasteiger partial charge in [0, 0.05) is 13.5 Å². The van der Waals surface area contributed by atoms with Gasteiger partial charge in [-0.3, -0.25) is 14.5 Å². The Morgan fingerprint density at radius 3 is 2.82 bits per heavy atom. The van der Waals surface area contributed by atoms with Crippen LogP contribution in [0.25, 0.3) is 0 Å². The first-order chi connectivity index (χ1) is 8.06. The second-order valence-electron chi connectivity index (χ2n) is 4.05. The minimum absolute atomic E-state index is 0.149. The van der Waals surface area contributed by atoms with Crippen molar-refractivity contribution in [3.8, 4) is 0 Å². The summed E-state index contributed by atoms with van der Waals surface area (Å²) in [5.74, 6) is -0.118. The predicted molar refractivity (Wildman–Crippen MR) is 61.4 cm³/mol. The van der Waals surface area contributed by atoms with Gasteiger partial charge in [0.05, 0.1) is 12.5 Å². The normalized spacial score (nSPS) is 21.4. The number of unbranched alkanes of at least 4 members (excludes halogenated alkanes) is 1. The molecule has 7 heteroatoms. The lowest BCUT2D eigenvalue weighted by atomic mass is 10.2. The molecule has 1 fully saturated rings. The molecule has 0 bridgehead atoms. The van der Waals surface area contributed by atoms with Crippen LogP contribution in [0.2, 0.25) is 0 Å². The summed E-state index contributed by atoms with van der Waals surface area (Å²) in [6.45, 7) is 0.635. The maximum Gasteiger partial charge on any atom is 0.246 e. The zero-order valence-electron chi connectivity index (χ0n) is 9.85. The molecule has 0 aliphatic carbocycles. The number of carbonyl (C=O) groups is 2. The van der Waals surface area contributed by atoms with E-state index in [-0.39, 0.29) is 24.1 Å². The van der Waals surface area contributed by atoms with Crippen molar-refractivity contribution in [2.45, 2.75) is 31.7 Å². The number of amidine groups is 1. The fourth-order valence-electron chi connectivity index (χ4n) is 1.67. The standard InChI is InChI=1S/C10H18N4O3/c1-14-9(15)6-7(10(14)16)12-5-3-2-4-8(11)13-17/h7,12,17H,2-6H2,1H3,(H2,11,13). The molecule has 0 aromatic heterocycles. The highest BCUT2D eigenvalue weighted by atomic mass is 16.4. The first-order valence-corrected chi connectivity index (χ1v) is 5.56. The van der Waals surface area contributed by atoms with Crippen LogP contribution < -0.4 is 11.1 Å². The molecular weight excluding hydrogens is 224 g/mol. The molecule has 1 aliphatic rings. The van der Waals surface area contributed by atoms with Crippen LogP contribution in [-0.4, -0.2) is 47.4 Å². The topological polar surface area (TPSA) is 108 Å². The third-order valence-corrected chi connectivity index (χ3v) is 2.76. The Bertz CT molecular complexity index is 330. The summed E-state index contributed by atoms with van der Waals surface area (Å²) in [6.07, 6.45) is 2.33. The van der Waals surface area contributed by atoms with Crippen molar-refractivity contribution in [3.63, 3.8) is 0 Å². The summed E-state index contributed by atoms with van der Waals surface area (Å²) in [7, 11) is 1.49. The summed E-state index contributed by atoms with van der Waals surface area (Å²) >= 11 is 0. The van der Waals surface area contributed by atoms with Gasteiger partial charge in [-0.25, -0.2) is 0 Å². The molecule has 7 nitrogen and oxygen atoms in total. The summed E-state index contributed by atoms with van der Waals surface area (Å²) in [6, 6.07) is -0.392. The molecule has 0 saturated carbocycles. The number of likely N-dealkylation sites (N-methyl/N-ethyl adjacent to an activating group) is 1. The zero-order chi connectivity index (χ0) is 12.8. The first-order valence-electron chi connectivity index (χ1n) is 5.56. The summed E-state index contributed by atoms with van der Waals surface area (Å²) in [5, 5.41) is 14.2. The molecule has 1 unspecified atom stereocenters. The van der Waals surface area contributed by atoms with Crippen LogP contribution in [0.1, 0.15) is 25.7 Å². The minimum Gasteiger partial charge on any atom is -0.409 e. The van der Waals surface area contributed by atoms with Gasteiger partial charge in [0.1, 0.15) is 5.84 Å². The number of oxime groups is 1. The van der Waals surface area contributed by atoms with Gasteiger partial charge in [-0.1, -0.05) is 5.16 Å². The number of nitrogens with one attached hydrogen (secondary N) is 1. The van der Waals surface area contributed by atoms with Crippen LogP contribution >= 0.6 is 0 Å². The number of imide groups is 1. The number of rotatable bonds is 6. The number of carbonyl (C=O) groups excluding carboxylic acids is 2. The van der Waals surface area contributed by atoms with Gasteiger partial charge >= 0.3 is 0 Å². The van der Waals surface area contributed by atoms with Crippen LogP contribution in [0.15, 0.2) is 5.16 Å². The van der Waals surface area contributed by atoms with Gasteiger partial charge in [-0.15, -0.1) is 0 Å². The molecule has 0 aromatic rings. The van der Waals surface area contributed by atoms with Crippen molar-refractivity contribution in [2.75, 3.05) is 13.6 Å². The molecule has 17 heavy (non-hydrogen) atoms. The van der Waals surface area contributed by atoms with Crippen LogP contribution in [0.4, 0.5) is 0 Å². The molecule has 1 atom stereocenters. The second-order valence-corrected chi connectivity index (χ2v) is 4.05. The molecular formula is C10H18N4O3. The fourth-order valence-corrected chi connectivity index (χ4v) is 1.67. The Kier molecular flexibility index (Phi) is 4.89. The lowest BCUT2D eigenvalue weighted by Gasteiger charge is -2.10. The fraction of sp³-hybridized carbons (Fsp3) is 0.700. The molecule has 2 amide bonds. The highest BCUT2D eigenvalue weighted by Crippen LogP contribution is 2.10. The average molecular weight is 242 g/mol. The Balaban J connectivity index is 2.16. The SMILES string of the molecule is CN1C(=O)CC(NCCCCC(N)=NO)C1=O. The van der Waals surface area contributed by atoms with Gasteiger partial charge in [0.2, 0.25) is 11.8 Å². The van der Waals surface area contributed by atoms with Crippen molar-refractivity contribution in [1.29, 1.82) is 0 Å². The summed E-state index contributed by atoms with van der Waals surface area (Å²) in [5.41, 5.74) is 5.31.